The van der Waals surface area contributed by atoms with Gasteiger partial charge < -0.3 is 10.1 Å². The lowest BCUT2D eigenvalue weighted by Crippen LogP contribution is -2.00. The first-order chi connectivity index (χ1) is 10.3. The van der Waals surface area contributed by atoms with Crippen molar-refractivity contribution < 1.29 is 4.74 Å². The molecule has 0 saturated heterocycles. The molecule has 0 aliphatic carbocycles. The van der Waals surface area contributed by atoms with E-state index in [2.05, 4.69) is 15.3 Å². The number of benzene rings is 2. The van der Waals surface area contributed by atoms with Crippen molar-refractivity contribution in [1.82, 2.24) is 9.97 Å². The highest BCUT2D eigenvalue weighted by atomic mass is 35.5. The molecule has 0 atom stereocenters. The quantitative estimate of drug-likeness (QED) is 0.770. The van der Waals surface area contributed by atoms with E-state index in [0.717, 1.165) is 28.9 Å². The number of rotatable bonds is 4. The second-order valence-corrected chi connectivity index (χ2v) is 4.87. The summed E-state index contributed by atoms with van der Waals surface area (Å²) in [6.07, 6.45) is 1.48. The summed E-state index contributed by atoms with van der Waals surface area (Å²) in [5, 5.41) is 5.74. The number of fused-ring (bicyclic) bond motifs is 1. The molecule has 4 nitrogen and oxygen atoms in total. The van der Waals surface area contributed by atoms with Gasteiger partial charge in [0.25, 0.3) is 0 Å². The molecule has 0 radical (unpaired) electrons. The van der Waals surface area contributed by atoms with Crippen molar-refractivity contribution in [1.29, 1.82) is 0 Å². The van der Waals surface area contributed by atoms with Gasteiger partial charge in [-0.05, 0) is 19.1 Å². The number of aromatic nitrogens is 2. The number of ether oxygens (including phenoxy) is 1. The largest absolute Gasteiger partial charge is 0.438 e. The lowest BCUT2D eigenvalue weighted by molar-refractivity contribution is 0.467. The van der Waals surface area contributed by atoms with Crippen molar-refractivity contribution in [2.75, 3.05) is 11.9 Å². The second-order valence-electron chi connectivity index (χ2n) is 4.46. The van der Waals surface area contributed by atoms with E-state index in [0.29, 0.717) is 10.9 Å². The van der Waals surface area contributed by atoms with E-state index in [9.17, 15) is 0 Å². The Labute approximate surface area is 127 Å². The number of hydrogen-bond donors (Lipinski definition) is 1. The van der Waals surface area contributed by atoms with Gasteiger partial charge in [0.2, 0.25) is 5.88 Å². The van der Waals surface area contributed by atoms with Crippen molar-refractivity contribution in [2.45, 2.75) is 6.92 Å². The van der Waals surface area contributed by atoms with Gasteiger partial charge in [0.15, 0.2) is 0 Å². The zero-order chi connectivity index (χ0) is 14.7. The molecule has 3 aromatic rings. The van der Waals surface area contributed by atoms with E-state index in [1.807, 2.05) is 43.3 Å². The summed E-state index contributed by atoms with van der Waals surface area (Å²) in [5.74, 6) is 1.95. The summed E-state index contributed by atoms with van der Waals surface area (Å²) in [6, 6.07) is 13.3. The fraction of sp³-hybridized carbons (Fsp3) is 0.125. The van der Waals surface area contributed by atoms with E-state index in [-0.39, 0.29) is 0 Å². The first-order valence-corrected chi connectivity index (χ1v) is 7.06. The molecule has 5 heteroatoms. The van der Waals surface area contributed by atoms with Crippen LogP contribution >= 0.6 is 11.6 Å². The van der Waals surface area contributed by atoms with E-state index < -0.39 is 0 Å². The van der Waals surface area contributed by atoms with Crippen molar-refractivity contribution in [3.63, 3.8) is 0 Å². The van der Waals surface area contributed by atoms with Crippen molar-refractivity contribution >= 4 is 28.2 Å². The Hall–Kier alpha value is -2.33. The Morgan fingerprint density at radius 1 is 1.10 bits per heavy atom. The van der Waals surface area contributed by atoms with Crippen LogP contribution in [0.4, 0.5) is 5.82 Å². The third-order valence-corrected chi connectivity index (χ3v) is 3.37. The second kappa shape index (κ2) is 5.97. The lowest BCUT2D eigenvalue weighted by atomic mass is 10.1. The van der Waals surface area contributed by atoms with E-state index in [1.54, 1.807) is 6.07 Å². The fourth-order valence-electron chi connectivity index (χ4n) is 2.11. The van der Waals surface area contributed by atoms with Crippen LogP contribution in [0.5, 0.6) is 11.6 Å². The number of anilines is 1. The minimum absolute atomic E-state index is 0.494. The Morgan fingerprint density at radius 3 is 2.71 bits per heavy atom. The maximum atomic E-state index is 6.21. The van der Waals surface area contributed by atoms with Gasteiger partial charge in [-0.25, -0.2) is 9.97 Å². The average Bonchev–Trinajstić information content (AvgIpc) is 2.51. The molecule has 0 bridgehead atoms. The van der Waals surface area contributed by atoms with Crippen LogP contribution in [-0.4, -0.2) is 16.5 Å². The zero-order valence-corrected chi connectivity index (χ0v) is 12.3. The summed E-state index contributed by atoms with van der Waals surface area (Å²) in [4.78, 5) is 8.26. The molecule has 0 unspecified atom stereocenters. The number of nitrogens with zero attached hydrogens (tertiary/aromatic N) is 2. The molecule has 1 heterocycles. The van der Waals surface area contributed by atoms with Crippen LogP contribution in [0.1, 0.15) is 6.92 Å². The smallest absolute Gasteiger partial charge is 0.224 e. The summed E-state index contributed by atoms with van der Waals surface area (Å²) in [5.41, 5.74) is 0. The summed E-state index contributed by atoms with van der Waals surface area (Å²) < 4.78 is 5.88. The molecule has 2 aromatic carbocycles. The normalized spacial score (nSPS) is 10.6. The van der Waals surface area contributed by atoms with E-state index in [1.165, 1.54) is 6.33 Å². The van der Waals surface area contributed by atoms with E-state index in [4.69, 9.17) is 16.3 Å². The van der Waals surface area contributed by atoms with Crippen LogP contribution in [0.3, 0.4) is 0 Å². The predicted octanol–water partition coefficient (Wildman–Crippen LogP) is 4.51. The maximum absolute atomic E-state index is 6.21. The van der Waals surface area contributed by atoms with E-state index >= 15 is 0 Å². The predicted molar refractivity (Wildman–Crippen MR) is 85.2 cm³/mol. The monoisotopic (exact) mass is 299 g/mol. The van der Waals surface area contributed by atoms with Gasteiger partial charge >= 0.3 is 0 Å². The Kier molecular flexibility index (Phi) is 3.88. The molecule has 0 fully saturated rings. The maximum Gasteiger partial charge on any atom is 0.224 e. The fourth-order valence-corrected chi connectivity index (χ4v) is 2.34. The Bertz CT molecular complexity index is 776. The van der Waals surface area contributed by atoms with Gasteiger partial charge in [-0.3, -0.25) is 0 Å². The SMILES string of the molecule is CCNc1cc(Oc2ccc(Cl)c3ccccc23)ncn1. The highest BCUT2D eigenvalue weighted by molar-refractivity contribution is 6.35. The van der Waals surface area contributed by atoms with Gasteiger partial charge in [0, 0.05) is 28.4 Å². The van der Waals surface area contributed by atoms with Gasteiger partial charge in [-0.2, -0.15) is 0 Å². The standard InChI is InChI=1S/C16H14ClN3O/c1-2-18-15-9-16(20-10-19-15)21-14-8-7-13(17)11-5-3-4-6-12(11)14/h3-10H,2H2,1H3,(H,18,19,20). The minimum atomic E-state index is 0.494. The third kappa shape index (κ3) is 2.90. The molecule has 0 aliphatic rings. The first-order valence-electron chi connectivity index (χ1n) is 6.69. The number of hydrogen-bond acceptors (Lipinski definition) is 4. The van der Waals surface area contributed by atoms with Crippen molar-refractivity contribution in [3.8, 4) is 11.6 Å². The van der Waals surface area contributed by atoms with Gasteiger partial charge in [0.1, 0.15) is 17.9 Å². The van der Waals surface area contributed by atoms with Crippen LogP contribution in [-0.2, 0) is 0 Å². The molecule has 0 saturated carbocycles. The molecule has 0 aliphatic heterocycles. The van der Waals surface area contributed by atoms with Crippen LogP contribution < -0.4 is 10.1 Å². The molecule has 106 valence electrons. The Balaban J connectivity index is 1.98. The summed E-state index contributed by atoms with van der Waals surface area (Å²) in [7, 11) is 0. The first kappa shape index (κ1) is 13.6. The Morgan fingerprint density at radius 2 is 1.90 bits per heavy atom. The zero-order valence-electron chi connectivity index (χ0n) is 11.5. The lowest BCUT2D eigenvalue weighted by Gasteiger charge is -2.10. The third-order valence-electron chi connectivity index (χ3n) is 3.05. The molecule has 1 aromatic heterocycles. The van der Waals surface area contributed by atoms with Gasteiger partial charge in [-0.1, -0.05) is 35.9 Å². The molecule has 1 N–H and O–H groups in total. The molecule has 21 heavy (non-hydrogen) atoms. The van der Waals surface area contributed by atoms with Crippen LogP contribution in [0.2, 0.25) is 5.02 Å². The minimum Gasteiger partial charge on any atom is -0.438 e. The highest BCUT2D eigenvalue weighted by Gasteiger charge is 2.07. The molecular formula is C16H14ClN3O. The number of halogens is 1. The summed E-state index contributed by atoms with van der Waals surface area (Å²) >= 11 is 6.21. The van der Waals surface area contributed by atoms with Crippen LogP contribution in [0.25, 0.3) is 10.8 Å². The highest BCUT2D eigenvalue weighted by Crippen LogP contribution is 2.33. The van der Waals surface area contributed by atoms with Crippen LogP contribution in [0, 0.1) is 0 Å². The van der Waals surface area contributed by atoms with Crippen LogP contribution in [0.15, 0.2) is 48.8 Å². The molecule has 0 spiro atoms. The van der Waals surface area contributed by atoms with Crippen molar-refractivity contribution in [2.24, 2.45) is 0 Å². The molecule has 3 rings (SSSR count). The summed E-state index contributed by atoms with van der Waals surface area (Å²) in [6.45, 7) is 2.80. The molecular weight excluding hydrogens is 286 g/mol. The number of nitrogens with one attached hydrogen (secondary N) is 1. The van der Waals surface area contributed by atoms with Gasteiger partial charge in [0.05, 0.1) is 0 Å². The van der Waals surface area contributed by atoms with Crippen molar-refractivity contribution in [3.05, 3.63) is 53.8 Å². The molecule has 0 amide bonds. The van der Waals surface area contributed by atoms with Gasteiger partial charge in [-0.15, -0.1) is 0 Å². The average molecular weight is 300 g/mol. The topological polar surface area (TPSA) is 47.0 Å².